The van der Waals surface area contributed by atoms with Gasteiger partial charge in [-0.25, -0.2) is 4.98 Å². The van der Waals surface area contributed by atoms with Crippen molar-refractivity contribution in [1.82, 2.24) is 9.97 Å². The Morgan fingerprint density at radius 2 is 1.94 bits per heavy atom. The van der Waals surface area contributed by atoms with Crippen LogP contribution in [-0.2, 0) is 0 Å². The average molecular weight is 216 g/mol. The fraction of sp³-hybridized carbons (Fsp3) is 0.167. The molecule has 16 heavy (non-hydrogen) atoms. The molecule has 1 heterocycles. The van der Waals surface area contributed by atoms with Crippen molar-refractivity contribution in [1.29, 1.82) is 0 Å². The van der Waals surface area contributed by atoms with Crippen molar-refractivity contribution in [2.24, 2.45) is 0 Å². The fourth-order valence-corrected chi connectivity index (χ4v) is 1.40. The van der Waals surface area contributed by atoms with E-state index in [0.29, 0.717) is 17.5 Å². The van der Waals surface area contributed by atoms with Crippen LogP contribution in [0.25, 0.3) is 0 Å². The lowest BCUT2D eigenvalue weighted by atomic mass is 10.3. The summed E-state index contributed by atoms with van der Waals surface area (Å²) in [5, 5.41) is 9.29. The minimum Gasteiger partial charge on any atom is -0.508 e. The van der Waals surface area contributed by atoms with Gasteiger partial charge in [-0.05, 0) is 26.0 Å². The summed E-state index contributed by atoms with van der Waals surface area (Å²) in [4.78, 5) is 8.30. The van der Waals surface area contributed by atoms with Gasteiger partial charge in [-0.15, -0.1) is 0 Å². The van der Waals surface area contributed by atoms with Gasteiger partial charge >= 0.3 is 0 Å². The summed E-state index contributed by atoms with van der Waals surface area (Å²) < 4.78 is 5.51. The minimum atomic E-state index is 0.167. The van der Waals surface area contributed by atoms with E-state index in [4.69, 9.17) is 4.74 Å². The van der Waals surface area contributed by atoms with Crippen molar-refractivity contribution in [2.45, 2.75) is 13.8 Å². The van der Waals surface area contributed by atoms with E-state index in [2.05, 4.69) is 9.97 Å². The molecule has 0 unspecified atom stereocenters. The first kappa shape index (κ1) is 10.4. The Morgan fingerprint density at radius 3 is 2.62 bits per heavy atom. The maximum absolute atomic E-state index is 9.29. The van der Waals surface area contributed by atoms with Gasteiger partial charge in [0, 0.05) is 17.8 Å². The standard InChI is InChI=1S/C12H12N2O2/c1-8-6-12(14-9(2)13-8)16-11-5-3-4-10(15)7-11/h3-7,15H,1-2H3. The molecule has 0 bridgehead atoms. The predicted molar refractivity (Wildman–Crippen MR) is 59.7 cm³/mol. The number of phenolic OH excluding ortho intramolecular Hbond substituents is 1. The highest BCUT2D eigenvalue weighted by Crippen LogP contribution is 2.23. The van der Waals surface area contributed by atoms with Crippen molar-refractivity contribution in [2.75, 3.05) is 0 Å². The second-order valence-electron chi connectivity index (χ2n) is 3.49. The number of benzene rings is 1. The minimum absolute atomic E-state index is 0.167. The van der Waals surface area contributed by atoms with E-state index < -0.39 is 0 Å². The summed E-state index contributed by atoms with van der Waals surface area (Å²) >= 11 is 0. The molecule has 82 valence electrons. The molecule has 1 N–H and O–H groups in total. The molecule has 2 rings (SSSR count). The Morgan fingerprint density at radius 1 is 1.12 bits per heavy atom. The van der Waals surface area contributed by atoms with E-state index in [0.717, 1.165) is 5.69 Å². The molecule has 0 fully saturated rings. The molecule has 0 aliphatic rings. The van der Waals surface area contributed by atoms with Crippen LogP contribution in [0.15, 0.2) is 30.3 Å². The smallest absolute Gasteiger partial charge is 0.222 e. The molecule has 0 aliphatic carbocycles. The summed E-state index contributed by atoms with van der Waals surface area (Å²) in [7, 11) is 0. The molecule has 0 aliphatic heterocycles. The number of aromatic nitrogens is 2. The van der Waals surface area contributed by atoms with Gasteiger partial charge in [-0.1, -0.05) is 6.07 Å². The number of hydrogen-bond donors (Lipinski definition) is 1. The molecule has 1 aromatic heterocycles. The van der Waals surface area contributed by atoms with Gasteiger partial charge in [0.25, 0.3) is 0 Å². The monoisotopic (exact) mass is 216 g/mol. The van der Waals surface area contributed by atoms with E-state index in [1.165, 1.54) is 6.07 Å². The highest BCUT2D eigenvalue weighted by Gasteiger charge is 2.02. The van der Waals surface area contributed by atoms with Crippen LogP contribution in [0.2, 0.25) is 0 Å². The first-order valence-electron chi connectivity index (χ1n) is 4.92. The van der Waals surface area contributed by atoms with E-state index in [9.17, 15) is 5.11 Å². The molecule has 1 aromatic carbocycles. The molecule has 4 heteroatoms. The molecule has 0 saturated carbocycles. The lowest BCUT2D eigenvalue weighted by Gasteiger charge is -2.06. The van der Waals surface area contributed by atoms with E-state index in [-0.39, 0.29) is 5.75 Å². The van der Waals surface area contributed by atoms with Gasteiger partial charge < -0.3 is 9.84 Å². The van der Waals surface area contributed by atoms with Crippen molar-refractivity contribution < 1.29 is 9.84 Å². The third-order valence-corrected chi connectivity index (χ3v) is 1.98. The van der Waals surface area contributed by atoms with Crippen LogP contribution in [0.3, 0.4) is 0 Å². The van der Waals surface area contributed by atoms with Crippen LogP contribution in [0.4, 0.5) is 0 Å². The van der Waals surface area contributed by atoms with Crippen LogP contribution >= 0.6 is 0 Å². The molecule has 0 spiro atoms. The molecule has 0 amide bonds. The molecular weight excluding hydrogens is 204 g/mol. The SMILES string of the molecule is Cc1cc(Oc2cccc(O)c2)nc(C)n1. The maximum atomic E-state index is 9.29. The van der Waals surface area contributed by atoms with Crippen molar-refractivity contribution in [3.05, 3.63) is 41.9 Å². The number of phenols is 1. The third-order valence-electron chi connectivity index (χ3n) is 1.98. The summed E-state index contributed by atoms with van der Waals surface area (Å²) in [5.41, 5.74) is 0.850. The summed E-state index contributed by atoms with van der Waals surface area (Å²) in [6.07, 6.45) is 0. The highest BCUT2D eigenvalue weighted by molar-refractivity contribution is 5.34. The Balaban J connectivity index is 2.27. The van der Waals surface area contributed by atoms with Crippen LogP contribution in [-0.4, -0.2) is 15.1 Å². The number of ether oxygens (including phenoxy) is 1. The van der Waals surface area contributed by atoms with Crippen molar-refractivity contribution in [3.63, 3.8) is 0 Å². The molecule has 4 nitrogen and oxygen atoms in total. The van der Waals surface area contributed by atoms with Gasteiger partial charge in [-0.2, -0.15) is 4.98 Å². The summed E-state index contributed by atoms with van der Waals surface area (Å²) in [6.45, 7) is 3.69. The zero-order valence-electron chi connectivity index (χ0n) is 9.14. The second kappa shape index (κ2) is 4.18. The molecular formula is C12H12N2O2. The summed E-state index contributed by atoms with van der Waals surface area (Å²) in [5.74, 6) is 1.86. The zero-order valence-corrected chi connectivity index (χ0v) is 9.14. The van der Waals surface area contributed by atoms with Gasteiger partial charge in [0.2, 0.25) is 5.88 Å². The van der Waals surface area contributed by atoms with Crippen LogP contribution < -0.4 is 4.74 Å². The van der Waals surface area contributed by atoms with E-state index in [1.54, 1.807) is 24.3 Å². The Kier molecular flexibility index (Phi) is 2.72. The third kappa shape index (κ3) is 2.48. The van der Waals surface area contributed by atoms with Crippen LogP contribution in [0, 0.1) is 13.8 Å². The van der Waals surface area contributed by atoms with E-state index in [1.807, 2.05) is 13.8 Å². The van der Waals surface area contributed by atoms with E-state index >= 15 is 0 Å². The molecule has 2 aromatic rings. The quantitative estimate of drug-likeness (QED) is 0.838. The van der Waals surface area contributed by atoms with Crippen molar-refractivity contribution >= 4 is 0 Å². The normalized spacial score (nSPS) is 10.1. The highest BCUT2D eigenvalue weighted by atomic mass is 16.5. The van der Waals surface area contributed by atoms with Gasteiger partial charge in [-0.3, -0.25) is 0 Å². The lowest BCUT2D eigenvalue weighted by Crippen LogP contribution is -1.94. The number of rotatable bonds is 2. The molecule has 0 radical (unpaired) electrons. The number of nitrogens with zero attached hydrogens (tertiary/aromatic N) is 2. The van der Waals surface area contributed by atoms with Crippen LogP contribution in [0.5, 0.6) is 17.4 Å². The van der Waals surface area contributed by atoms with Gasteiger partial charge in [0.05, 0.1) is 0 Å². The maximum Gasteiger partial charge on any atom is 0.222 e. The Labute approximate surface area is 93.6 Å². The Hall–Kier alpha value is -2.10. The predicted octanol–water partition coefficient (Wildman–Crippen LogP) is 2.59. The topological polar surface area (TPSA) is 55.2 Å². The Bertz CT molecular complexity index is 492. The number of aryl methyl sites for hydroxylation is 2. The first-order chi connectivity index (χ1) is 7.63. The zero-order chi connectivity index (χ0) is 11.5. The molecule has 0 atom stereocenters. The fourth-order valence-electron chi connectivity index (χ4n) is 1.40. The average Bonchev–Trinajstić information content (AvgIpc) is 2.15. The second-order valence-corrected chi connectivity index (χ2v) is 3.49. The lowest BCUT2D eigenvalue weighted by molar-refractivity contribution is 0.443. The largest absolute Gasteiger partial charge is 0.508 e. The number of hydrogen-bond acceptors (Lipinski definition) is 4. The number of aromatic hydroxyl groups is 1. The van der Waals surface area contributed by atoms with Gasteiger partial charge in [0.1, 0.15) is 17.3 Å². The van der Waals surface area contributed by atoms with Gasteiger partial charge in [0.15, 0.2) is 0 Å². The van der Waals surface area contributed by atoms with Crippen LogP contribution in [0.1, 0.15) is 11.5 Å². The summed E-state index contributed by atoms with van der Waals surface area (Å²) in [6, 6.07) is 8.34. The van der Waals surface area contributed by atoms with Crippen molar-refractivity contribution in [3.8, 4) is 17.4 Å². The molecule has 0 saturated heterocycles. The first-order valence-corrected chi connectivity index (χ1v) is 4.92.